The van der Waals surface area contributed by atoms with E-state index in [0.717, 1.165) is 37.9 Å². The average molecular weight is 430 g/mol. The van der Waals surface area contributed by atoms with Gasteiger partial charge in [-0.05, 0) is 24.5 Å². The van der Waals surface area contributed by atoms with Crippen LogP contribution in [0.3, 0.4) is 0 Å². The smallest absolute Gasteiger partial charge is 0.338 e. The molecule has 3 heterocycles. The number of amides is 2. The van der Waals surface area contributed by atoms with Gasteiger partial charge in [-0.1, -0.05) is 31.2 Å². The van der Waals surface area contributed by atoms with Gasteiger partial charge in [0.15, 0.2) is 5.79 Å². The van der Waals surface area contributed by atoms with Crippen LogP contribution in [0.1, 0.15) is 43.9 Å². The minimum Gasteiger partial charge on any atom is -0.463 e. The molecule has 1 aromatic carbocycles. The molecule has 2 fully saturated rings. The van der Waals surface area contributed by atoms with Crippen LogP contribution in [0.25, 0.3) is 0 Å². The maximum atomic E-state index is 12.9. The minimum atomic E-state index is -0.550. The average Bonchev–Trinajstić information content (AvgIpc) is 3.23. The number of urea groups is 1. The molecule has 2 amide bonds. The van der Waals surface area contributed by atoms with Gasteiger partial charge in [0.05, 0.1) is 31.4 Å². The Kier molecular flexibility index (Phi) is 6.60. The Bertz CT molecular complexity index is 835. The molecule has 0 saturated carbocycles. The molecular formula is C23H31N3O5. The number of aryl methyl sites for hydroxylation is 1. The normalized spacial score (nSPS) is 23.5. The second kappa shape index (κ2) is 9.38. The lowest BCUT2D eigenvalue weighted by Crippen LogP contribution is -2.51. The quantitative estimate of drug-likeness (QED) is 0.675. The number of piperidine rings is 1. The van der Waals surface area contributed by atoms with E-state index < -0.39 is 17.8 Å². The van der Waals surface area contributed by atoms with E-state index in [1.165, 1.54) is 5.56 Å². The molecule has 0 radical (unpaired) electrons. The van der Waals surface area contributed by atoms with Crippen LogP contribution in [0, 0.1) is 0 Å². The fourth-order valence-corrected chi connectivity index (χ4v) is 4.45. The van der Waals surface area contributed by atoms with E-state index in [2.05, 4.69) is 22.5 Å². The van der Waals surface area contributed by atoms with Crippen LogP contribution in [0.4, 0.5) is 4.79 Å². The molecule has 0 bridgehead atoms. The van der Waals surface area contributed by atoms with Crippen LogP contribution >= 0.6 is 0 Å². The predicted octanol–water partition coefficient (Wildman–Crippen LogP) is 2.26. The summed E-state index contributed by atoms with van der Waals surface area (Å²) in [6.45, 7) is 7.40. The lowest BCUT2D eigenvalue weighted by Gasteiger charge is -2.39. The Morgan fingerprint density at radius 3 is 2.45 bits per heavy atom. The first-order valence-corrected chi connectivity index (χ1v) is 11.1. The van der Waals surface area contributed by atoms with Crippen molar-refractivity contribution in [3.8, 4) is 0 Å². The van der Waals surface area contributed by atoms with Gasteiger partial charge in [-0.15, -0.1) is 0 Å². The molecule has 2 N–H and O–H groups in total. The summed E-state index contributed by atoms with van der Waals surface area (Å²) in [4.78, 5) is 27.6. The second-order valence-electron chi connectivity index (χ2n) is 8.12. The molecule has 1 atom stereocenters. The first-order chi connectivity index (χ1) is 15.0. The molecule has 0 aromatic heterocycles. The zero-order valence-corrected chi connectivity index (χ0v) is 18.2. The highest BCUT2D eigenvalue weighted by atomic mass is 16.7. The van der Waals surface area contributed by atoms with Crippen molar-refractivity contribution in [3.05, 3.63) is 46.7 Å². The van der Waals surface area contributed by atoms with E-state index in [0.29, 0.717) is 31.0 Å². The molecule has 0 aliphatic carbocycles. The summed E-state index contributed by atoms with van der Waals surface area (Å²) in [5.41, 5.74) is 3.11. The number of likely N-dealkylation sites (tertiary alicyclic amines) is 1. The largest absolute Gasteiger partial charge is 0.463 e. The number of esters is 1. The third-order valence-corrected chi connectivity index (χ3v) is 6.18. The topological polar surface area (TPSA) is 89.1 Å². The summed E-state index contributed by atoms with van der Waals surface area (Å²) in [5.74, 6) is -0.874. The Labute approximate surface area is 182 Å². The number of hydrogen-bond acceptors (Lipinski definition) is 6. The van der Waals surface area contributed by atoms with Gasteiger partial charge >= 0.3 is 12.0 Å². The molecule has 8 nitrogen and oxygen atoms in total. The number of nitrogens with zero attached hydrogens (tertiary/aromatic N) is 1. The fourth-order valence-electron chi connectivity index (χ4n) is 4.45. The molecule has 1 unspecified atom stereocenters. The third kappa shape index (κ3) is 4.76. The van der Waals surface area contributed by atoms with Crippen molar-refractivity contribution in [2.24, 2.45) is 0 Å². The number of hydrogen-bond donors (Lipinski definition) is 2. The molecule has 1 aromatic rings. The first-order valence-electron chi connectivity index (χ1n) is 11.1. The number of nitrogens with one attached hydrogen (secondary N) is 2. The van der Waals surface area contributed by atoms with Crippen molar-refractivity contribution < 1.29 is 23.8 Å². The van der Waals surface area contributed by atoms with E-state index in [1.54, 1.807) is 6.92 Å². The van der Waals surface area contributed by atoms with Gasteiger partial charge in [-0.25, -0.2) is 9.59 Å². The lowest BCUT2D eigenvalue weighted by atomic mass is 9.93. The first kappa shape index (κ1) is 21.8. The summed E-state index contributed by atoms with van der Waals surface area (Å²) in [6.07, 6.45) is 2.46. The summed E-state index contributed by atoms with van der Waals surface area (Å²) in [6, 6.07) is 7.11. The minimum absolute atomic E-state index is 0.270. The summed E-state index contributed by atoms with van der Waals surface area (Å²) in [7, 11) is 0. The van der Waals surface area contributed by atoms with E-state index in [4.69, 9.17) is 14.2 Å². The zero-order chi connectivity index (χ0) is 21.8. The standard InChI is InChI=1S/C23H31N3O5/c1-3-16-5-7-17(8-6-16)20-19(21(27)29-4-2)18(24-22(28)25-20)15-26-11-9-23(10-12-26)30-13-14-31-23/h5-8,20H,3-4,9-15H2,1-2H3,(H2,24,25,28). The number of ether oxygens (including phenoxy) is 3. The monoisotopic (exact) mass is 429 g/mol. The number of benzene rings is 1. The molecule has 3 aliphatic rings. The van der Waals surface area contributed by atoms with E-state index in [-0.39, 0.29) is 12.6 Å². The van der Waals surface area contributed by atoms with E-state index in [1.807, 2.05) is 24.3 Å². The van der Waals surface area contributed by atoms with Gasteiger partial charge in [0, 0.05) is 38.2 Å². The van der Waals surface area contributed by atoms with Crippen LogP contribution < -0.4 is 10.6 Å². The lowest BCUT2D eigenvalue weighted by molar-refractivity contribution is -0.184. The van der Waals surface area contributed by atoms with Crippen molar-refractivity contribution in [3.63, 3.8) is 0 Å². The highest BCUT2D eigenvalue weighted by molar-refractivity contribution is 5.95. The van der Waals surface area contributed by atoms with Crippen molar-refractivity contribution in [2.75, 3.05) is 39.5 Å². The van der Waals surface area contributed by atoms with E-state index >= 15 is 0 Å². The van der Waals surface area contributed by atoms with Crippen LogP contribution in [-0.2, 0) is 25.4 Å². The maximum Gasteiger partial charge on any atom is 0.338 e. The van der Waals surface area contributed by atoms with Gasteiger partial charge in [0.25, 0.3) is 0 Å². The predicted molar refractivity (Wildman–Crippen MR) is 114 cm³/mol. The van der Waals surface area contributed by atoms with Crippen LogP contribution in [0.15, 0.2) is 35.5 Å². The van der Waals surface area contributed by atoms with Gasteiger partial charge < -0.3 is 24.8 Å². The number of rotatable bonds is 6. The van der Waals surface area contributed by atoms with Gasteiger partial charge in [-0.2, -0.15) is 0 Å². The zero-order valence-electron chi connectivity index (χ0n) is 18.2. The Hall–Kier alpha value is -2.42. The van der Waals surface area contributed by atoms with Crippen molar-refractivity contribution in [1.82, 2.24) is 15.5 Å². The second-order valence-corrected chi connectivity index (χ2v) is 8.12. The third-order valence-electron chi connectivity index (χ3n) is 6.18. The van der Waals surface area contributed by atoms with Crippen LogP contribution in [0.2, 0.25) is 0 Å². The Morgan fingerprint density at radius 2 is 1.84 bits per heavy atom. The van der Waals surface area contributed by atoms with Gasteiger partial charge in [0.1, 0.15) is 0 Å². The van der Waals surface area contributed by atoms with Crippen LogP contribution in [0.5, 0.6) is 0 Å². The number of carbonyl (C=O) groups is 2. The molecular weight excluding hydrogens is 398 g/mol. The van der Waals surface area contributed by atoms with Gasteiger partial charge in [-0.3, -0.25) is 4.90 Å². The number of carbonyl (C=O) groups excluding carboxylic acids is 2. The molecule has 2 saturated heterocycles. The molecule has 8 heteroatoms. The molecule has 31 heavy (non-hydrogen) atoms. The summed E-state index contributed by atoms with van der Waals surface area (Å²) in [5, 5.41) is 5.76. The Morgan fingerprint density at radius 1 is 1.16 bits per heavy atom. The van der Waals surface area contributed by atoms with E-state index in [9.17, 15) is 9.59 Å². The van der Waals surface area contributed by atoms with Crippen molar-refractivity contribution in [2.45, 2.75) is 44.9 Å². The SMILES string of the molecule is CCOC(=O)C1=C(CN2CCC3(CC2)OCCO3)NC(=O)NC1c1ccc(CC)cc1. The Balaban J connectivity index is 1.59. The summed E-state index contributed by atoms with van der Waals surface area (Å²) >= 11 is 0. The van der Waals surface area contributed by atoms with Crippen molar-refractivity contribution >= 4 is 12.0 Å². The van der Waals surface area contributed by atoms with Crippen LogP contribution in [-0.4, -0.2) is 62.1 Å². The van der Waals surface area contributed by atoms with Gasteiger partial charge in [0.2, 0.25) is 0 Å². The molecule has 4 rings (SSSR count). The summed E-state index contributed by atoms with van der Waals surface area (Å²) < 4.78 is 17.0. The maximum absolute atomic E-state index is 12.9. The highest BCUT2D eigenvalue weighted by Gasteiger charge is 2.41. The highest BCUT2D eigenvalue weighted by Crippen LogP contribution is 2.33. The molecule has 168 valence electrons. The fraction of sp³-hybridized carbons (Fsp3) is 0.565. The molecule has 3 aliphatic heterocycles. The van der Waals surface area contributed by atoms with Crippen molar-refractivity contribution in [1.29, 1.82) is 0 Å². The molecule has 1 spiro atoms.